The second-order valence-electron chi connectivity index (χ2n) is 5.22. The molecule has 1 saturated heterocycles. The second kappa shape index (κ2) is 6.06. The number of likely N-dealkylation sites (tertiary alicyclic amines) is 1. The summed E-state index contributed by atoms with van der Waals surface area (Å²) in [5.74, 6) is -0.141. The number of nitrogens with zero attached hydrogens (tertiary/aromatic N) is 1. The van der Waals surface area contributed by atoms with Crippen LogP contribution in [-0.4, -0.2) is 42.2 Å². The largest absolute Gasteiger partial charge is 0.492 e. The van der Waals surface area contributed by atoms with Gasteiger partial charge in [0.2, 0.25) is 0 Å². The van der Waals surface area contributed by atoms with Crippen molar-refractivity contribution in [2.75, 3.05) is 20.2 Å². The van der Waals surface area contributed by atoms with Gasteiger partial charge in [0.25, 0.3) is 0 Å². The second-order valence-corrected chi connectivity index (χ2v) is 5.22. The number of aromatic carboxylic acids is 1. The van der Waals surface area contributed by atoms with Crippen molar-refractivity contribution in [1.82, 2.24) is 4.90 Å². The van der Waals surface area contributed by atoms with E-state index >= 15 is 0 Å². The highest BCUT2D eigenvalue weighted by Crippen LogP contribution is 2.20. The molecule has 0 amide bonds. The maximum atomic E-state index is 10.9. The highest BCUT2D eigenvalue weighted by molar-refractivity contribution is 5.89. The monoisotopic (exact) mass is 263 g/mol. The highest BCUT2D eigenvalue weighted by Gasteiger charge is 2.19. The Kier molecular flexibility index (Phi) is 4.43. The molecule has 2 rings (SSSR count). The Bertz CT molecular complexity index is 459. The number of rotatable bonds is 4. The van der Waals surface area contributed by atoms with Gasteiger partial charge in [-0.1, -0.05) is 6.42 Å². The van der Waals surface area contributed by atoms with Gasteiger partial charge in [-0.05, 0) is 57.1 Å². The van der Waals surface area contributed by atoms with E-state index in [0.29, 0.717) is 18.2 Å². The lowest BCUT2D eigenvalue weighted by Crippen LogP contribution is -2.40. The van der Waals surface area contributed by atoms with Crippen molar-refractivity contribution in [1.29, 1.82) is 0 Å². The maximum Gasteiger partial charge on any atom is 0.335 e. The van der Waals surface area contributed by atoms with Crippen LogP contribution in [0.1, 0.15) is 35.2 Å². The smallest absolute Gasteiger partial charge is 0.335 e. The van der Waals surface area contributed by atoms with Crippen molar-refractivity contribution in [3.8, 4) is 5.75 Å². The van der Waals surface area contributed by atoms with Crippen LogP contribution in [0.15, 0.2) is 18.2 Å². The van der Waals surface area contributed by atoms with Crippen LogP contribution in [0.4, 0.5) is 0 Å². The average Bonchev–Trinajstić information content (AvgIpc) is 2.37. The third-order valence-corrected chi connectivity index (χ3v) is 3.79. The fraction of sp³-hybridized carbons (Fsp3) is 0.533. The molecule has 0 aromatic heterocycles. The molecule has 1 aromatic rings. The Morgan fingerprint density at radius 2 is 2.26 bits per heavy atom. The first-order chi connectivity index (χ1) is 9.08. The number of likely N-dealkylation sites (N-methyl/N-ethyl adjacent to an activating group) is 1. The zero-order chi connectivity index (χ0) is 13.8. The molecule has 104 valence electrons. The summed E-state index contributed by atoms with van der Waals surface area (Å²) in [6.07, 6.45) is 3.69. The molecule has 1 N–H and O–H groups in total. The summed E-state index contributed by atoms with van der Waals surface area (Å²) in [5.41, 5.74) is 1.07. The van der Waals surface area contributed by atoms with Gasteiger partial charge >= 0.3 is 5.97 Å². The predicted molar refractivity (Wildman–Crippen MR) is 73.9 cm³/mol. The quantitative estimate of drug-likeness (QED) is 0.907. The van der Waals surface area contributed by atoms with Crippen LogP contribution in [0.3, 0.4) is 0 Å². The SMILES string of the molecule is Cc1cc(OCC2CCCCN2C)ccc1C(=O)O. The summed E-state index contributed by atoms with van der Waals surface area (Å²) in [6, 6.07) is 5.61. The normalized spacial score (nSPS) is 20.2. The number of carboxylic acid groups (broad SMARTS) is 1. The molecule has 1 heterocycles. The van der Waals surface area contributed by atoms with Gasteiger partial charge in [0.05, 0.1) is 5.56 Å². The molecule has 1 atom stereocenters. The summed E-state index contributed by atoms with van der Waals surface area (Å²) >= 11 is 0. The van der Waals surface area contributed by atoms with Crippen molar-refractivity contribution >= 4 is 5.97 Å². The number of carbonyl (C=O) groups is 1. The summed E-state index contributed by atoms with van der Waals surface area (Å²) < 4.78 is 5.80. The molecule has 4 heteroatoms. The highest BCUT2D eigenvalue weighted by atomic mass is 16.5. The van der Waals surface area contributed by atoms with Crippen LogP contribution in [0.2, 0.25) is 0 Å². The van der Waals surface area contributed by atoms with E-state index in [0.717, 1.165) is 17.9 Å². The lowest BCUT2D eigenvalue weighted by atomic mass is 10.0. The number of hydrogen-bond acceptors (Lipinski definition) is 3. The predicted octanol–water partition coefficient (Wildman–Crippen LogP) is 2.56. The molecule has 4 nitrogen and oxygen atoms in total. The van der Waals surface area contributed by atoms with E-state index in [1.807, 2.05) is 0 Å². The molecule has 1 fully saturated rings. The Labute approximate surface area is 114 Å². The van der Waals surface area contributed by atoms with E-state index < -0.39 is 5.97 Å². The standard InChI is InChI=1S/C15H21NO3/c1-11-9-13(6-7-14(11)15(17)18)19-10-12-5-3-4-8-16(12)2/h6-7,9,12H,3-5,8,10H2,1-2H3,(H,17,18). The van der Waals surface area contributed by atoms with E-state index in [2.05, 4.69) is 11.9 Å². The molecular weight excluding hydrogens is 242 g/mol. The van der Waals surface area contributed by atoms with Crippen molar-refractivity contribution in [2.24, 2.45) is 0 Å². The van der Waals surface area contributed by atoms with E-state index in [1.54, 1.807) is 25.1 Å². The van der Waals surface area contributed by atoms with Gasteiger partial charge in [0, 0.05) is 6.04 Å². The molecule has 19 heavy (non-hydrogen) atoms. The lowest BCUT2D eigenvalue weighted by Gasteiger charge is -2.32. The Balaban J connectivity index is 1.96. The summed E-state index contributed by atoms with van der Waals surface area (Å²) in [7, 11) is 2.13. The number of benzene rings is 1. The number of aryl methyl sites for hydroxylation is 1. The minimum atomic E-state index is -0.893. The molecule has 0 radical (unpaired) electrons. The lowest BCUT2D eigenvalue weighted by molar-refractivity contribution is 0.0696. The van der Waals surface area contributed by atoms with Crippen molar-refractivity contribution in [2.45, 2.75) is 32.2 Å². The molecule has 1 aliphatic heterocycles. The Morgan fingerprint density at radius 3 is 2.89 bits per heavy atom. The Hall–Kier alpha value is -1.55. The van der Waals surface area contributed by atoms with Crippen molar-refractivity contribution in [3.63, 3.8) is 0 Å². The van der Waals surface area contributed by atoms with E-state index in [4.69, 9.17) is 9.84 Å². The first-order valence-electron chi connectivity index (χ1n) is 6.75. The fourth-order valence-electron chi connectivity index (χ4n) is 2.51. The first-order valence-corrected chi connectivity index (χ1v) is 6.75. The molecule has 1 unspecified atom stereocenters. The van der Waals surface area contributed by atoms with Gasteiger partial charge in [-0.2, -0.15) is 0 Å². The van der Waals surface area contributed by atoms with Crippen LogP contribution in [-0.2, 0) is 0 Å². The molecule has 0 aliphatic carbocycles. The molecular formula is C15H21NO3. The van der Waals surface area contributed by atoms with Gasteiger partial charge in [0.15, 0.2) is 0 Å². The molecule has 1 aliphatic rings. The van der Waals surface area contributed by atoms with E-state index in [1.165, 1.54) is 19.3 Å². The minimum Gasteiger partial charge on any atom is -0.492 e. The number of hydrogen-bond donors (Lipinski definition) is 1. The van der Waals surface area contributed by atoms with Gasteiger partial charge in [-0.25, -0.2) is 4.79 Å². The van der Waals surface area contributed by atoms with Gasteiger partial charge in [0.1, 0.15) is 12.4 Å². The minimum absolute atomic E-state index is 0.335. The topological polar surface area (TPSA) is 49.8 Å². The summed E-state index contributed by atoms with van der Waals surface area (Å²) in [4.78, 5) is 13.3. The van der Waals surface area contributed by atoms with Crippen LogP contribution in [0.5, 0.6) is 5.75 Å². The average molecular weight is 263 g/mol. The zero-order valence-corrected chi connectivity index (χ0v) is 11.6. The van der Waals surface area contributed by atoms with Crippen molar-refractivity contribution in [3.05, 3.63) is 29.3 Å². The van der Waals surface area contributed by atoms with Crippen LogP contribution in [0, 0.1) is 6.92 Å². The van der Waals surface area contributed by atoms with Crippen LogP contribution < -0.4 is 4.74 Å². The van der Waals surface area contributed by atoms with Gasteiger partial charge < -0.3 is 14.7 Å². The molecule has 0 saturated carbocycles. The van der Waals surface area contributed by atoms with Crippen LogP contribution in [0.25, 0.3) is 0 Å². The van der Waals surface area contributed by atoms with E-state index in [9.17, 15) is 4.79 Å². The molecule has 0 spiro atoms. The molecule has 1 aromatic carbocycles. The zero-order valence-electron chi connectivity index (χ0n) is 11.6. The Morgan fingerprint density at radius 1 is 1.47 bits per heavy atom. The summed E-state index contributed by atoms with van der Waals surface area (Å²) in [5, 5.41) is 8.98. The third-order valence-electron chi connectivity index (χ3n) is 3.79. The molecule has 0 bridgehead atoms. The number of piperidine rings is 1. The third kappa shape index (κ3) is 3.47. The van der Waals surface area contributed by atoms with Crippen molar-refractivity contribution < 1.29 is 14.6 Å². The fourth-order valence-corrected chi connectivity index (χ4v) is 2.51. The first kappa shape index (κ1) is 13.9. The van der Waals surface area contributed by atoms with Gasteiger partial charge in [-0.3, -0.25) is 0 Å². The number of carboxylic acids is 1. The van der Waals surface area contributed by atoms with Gasteiger partial charge in [-0.15, -0.1) is 0 Å². The number of ether oxygens (including phenoxy) is 1. The summed E-state index contributed by atoms with van der Waals surface area (Å²) in [6.45, 7) is 3.59. The van der Waals surface area contributed by atoms with E-state index in [-0.39, 0.29) is 0 Å². The maximum absolute atomic E-state index is 10.9. The van der Waals surface area contributed by atoms with Crippen LogP contribution >= 0.6 is 0 Å².